The quantitative estimate of drug-likeness (QED) is 0.0453. The van der Waals surface area contributed by atoms with E-state index >= 15 is 0 Å². The van der Waals surface area contributed by atoms with E-state index in [1.54, 1.807) is 40.5 Å². The lowest BCUT2D eigenvalue weighted by molar-refractivity contribution is -0.171. The van der Waals surface area contributed by atoms with Crippen LogP contribution in [0.5, 0.6) is 0 Å². The summed E-state index contributed by atoms with van der Waals surface area (Å²) < 4.78 is 66.7. The van der Waals surface area contributed by atoms with Gasteiger partial charge in [0.05, 0.1) is 25.6 Å². The van der Waals surface area contributed by atoms with Crippen LogP contribution >= 0.6 is 0 Å². The number of carboxylic acid groups (broad SMARTS) is 2. The number of nitrogens with zero attached hydrogens (tertiary/aromatic N) is 15. The Bertz CT molecular complexity index is 5420. The van der Waals surface area contributed by atoms with Gasteiger partial charge in [-0.1, -0.05) is 97.1 Å². The summed E-state index contributed by atoms with van der Waals surface area (Å²) in [4.78, 5) is 157. The van der Waals surface area contributed by atoms with E-state index in [-0.39, 0.29) is 42.0 Å². The smallest absolute Gasteiger partial charge is 0.328 e. The molecule has 42 nitrogen and oxygen atoms in total. The SMILES string of the molecule is CCNC(=O)Nc1ncnc2c1ncn2C1OC(C(=O)N2CCC[C@@H]2C(=O)OCC)C2O[C@H](/C=C/c3ccccc3)OC21.CCNC(=O)Nc1ncnc2c1ncn2C1OC(C(=O)N2CCC[C@H]2C(=O)O)C2O[C@H](c3ccccc3)OC21.O=C(Nc1ncnc2c1ncn2C1OC(C(=O)N2CCC[C@@H]2C(=O)O)C2O[C@H](c3ccccc3)OC21)NC1CC1. The molecule has 9 saturated heterocycles. The molecule has 19 rings (SSSR count). The van der Waals surface area contributed by atoms with Crippen molar-refractivity contribution in [1.82, 2.24) is 89.2 Å². The molecule has 12 unspecified atom stereocenters. The minimum atomic E-state index is -1.11. The molecule has 8 N–H and O–H groups in total. The molecule has 9 aromatic rings. The third-order valence-electron chi connectivity index (χ3n) is 22.3. The number of anilines is 3. The second-order valence-electron chi connectivity index (χ2n) is 30.0. The number of carbonyl (C=O) groups excluding carboxylic acids is 7. The maximum atomic E-state index is 13.9. The van der Waals surface area contributed by atoms with Crippen LogP contribution in [0.1, 0.15) is 120 Å². The Balaban J connectivity index is 0.000000130. The predicted octanol–water partition coefficient (Wildman–Crippen LogP) is 5.23. The van der Waals surface area contributed by atoms with Gasteiger partial charge in [0.2, 0.25) is 0 Å². The van der Waals surface area contributed by atoms with Crippen molar-refractivity contribution in [2.45, 2.75) is 189 Å². The van der Waals surface area contributed by atoms with Crippen LogP contribution in [0.15, 0.2) is 135 Å². The number of benzene rings is 3. The van der Waals surface area contributed by atoms with E-state index in [1.807, 2.05) is 97.1 Å². The van der Waals surface area contributed by atoms with Crippen molar-refractivity contribution in [2.24, 2.45) is 0 Å². The van der Waals surface area contributed by atoms with Crippen molar-refractivity contribution in [3.05, 3.63) is 152 Å². The lowest BCUT2D eigenvalue weighted by Gasteiger charge is -2.27. The number of aliphatic carboxylic acids is 2. The zero-order chi connectivity index (χ0) is 84.4. The summed E-state index contributed by atoms with van der Waals surface area (Å²) in [6, 6.07) is 24.8. The molecule has 0 bridgehead atoms. The van der Waals surface area contributed by atoms with Crippen molar-refractivity contribution in [1.29, 1.82) is 0 Å². The van der Waals surface area contributed by atoms with E-state index < -0.39 is 152 Å². The highest BCUT2D eigenvalue weighted by Gasteiger charge is 2.62. The number of urea groups is 3. The zero-order valence-electron chi connectivity index (χ0n) is 66.0. The van der Waals surface area contributed by atoms with Gasteiger partial charge in [0.1, 0.15) is 73.7 Å². The second kappa shape index (κ2) is 35.6. The van der Waals surface area contributed by atoms with Gasteiger partial charge in [0.15, 0.2) is 107 Å². The summed E-state index contributed by atoms with van der Waals surface area (Å²) in [7, 11) is 0. The fourth-order valence-corrected chi connectivity index (χ4v) is 16.6. The third kappa shape index (κ3) is 16.5. The van der Waals surface area contributed by atoms with Gasteiger partial charge < -0.3 is 88.2 Å². The highest BCUT2D eigenvalue weighted by Crippen LogP contribution is 2.49. The molecule has 638 valence electrons. The highest BCUT2D eigenvalue weighted by atomic mass is 16.8. The minimum Gasteiger partial charge on any atom is -0.480 e. The summed E-state index contributed by atoms with van der Waals surface area (Å²) in [5.41, 5.74) is 4.60. The number of carboxylic acids is 2. The van der Waals surface area contributed by atoms with Crippen LogP contribution in [-0.4, -0.2) is 262 Å². The Kier molecular flexibility index (Phi) is 23.8. The molecule has 42 heteroatoms. The minimum absolute atomic E-state index is 0.168. The lowest BCUT2D eigenvalue weighted by atomic mass is 10.1. The molecule has 15 heterocycles. The standard InChI is InChI=1S/C29H33N7O7.C26H27N7O7.C25H27N7O7/c1-3-30-29(39)34-24-20-25(32-15-31-24)36(16-33-20)27-23-21(41-19(42-23)13-12-17-9-6-5-7-10-17)22(43-27)26(37)35-14-8-11-18(35)28(38)40-4-2;34-22(32-10-4-7-15(32)24(35)36)18-17-19(40-25(39-17)13-5-2-1-3-6-13)23(38-18)33-12-29-16-20(27-11-28-21(16)33)31-26(37)30-14-8-9-14;1-2-26-25(36)30-19-15-20(28-11-27-19)32(12-29-15)22-18-16(38-24(39-18)13-7-4-3-5-8-13)17(37-22)21(33)31-10-6-9-14(31)23(34)35/h5-7,9-10,12-13,15-16,18-19,21-23,27H,3-4,8,11,14H2,1-2H3,(H2,30,31,32,34,39);1-3,5-6,11-12,14-15,17-19,23,25H,4,7-10H2,(H,35,36)(H2,27,28,30,31,37);3-5,7-8,11-12,14,16-18,22,24H,2,6,9-10H2,1H3,(H,34,35)(H2,26,27,28,30,36)/b13-12+;;/t18-,19+,21?,22?,23?,27?;15-,17?,18?,19?,23?,25+;14-,16?,17?,18?,22?,24-/m110/s1. The number of aromatic nitrogens is 12. The summed E-state index contributed by atoms with van der Waals surface area (Å²) in [5.74, 6) is -3.18. The van der Waals surface area contributed by atoms with E-state index in [0.717, 1.165) is 29.5 Å². The van der Waals surface area contributed by atoms with Gasteiger partial charge in [0, 0.05) is 49.9 Å². The summed E-state index contributed by atoms with van der Waals surface area (Å²) in [5, 5.41) is 35.5. The second-order valence-corrected chi connectivity index (χ2v) is 30.0. The highest BCUT2D eigenvalue weighted by molar-refractivity contribution is 5.98. The van der Waals surface area contributed by atoms with Crippen LogP contribution in [0, 0.1) is 0 Å². The Labute approximate surface area is 693 Å². The maximum Gasteiger partial charge on any atom is 0.328 e. The number of esters is 1. The van der Waals surface area contributed by atoms with Crippen molar-refractivity contribution >= 4 is 111 Å². The Morgan fingerprint density at radius 1 is 0.434 bits per heavy atom. The number of rotatable bonds is 20. The van der Waals surface area contributed by atoms with E-state index in [1.165, 1.54) is 52.7 Å². The number of nitrogens with one attached hydrogen (secondary N) is 6. The van der Waals surface area contributed by atoms with Crippen LogP contribution in [0.4, 0.5) is 31.8 Å². The topological polar surface area (TPSA) is 499 Å². The van der Waals surface area contributed by atoms with Gasteiger partial charge in [0.25, 0.3) is 17.7 Å². The van der Waals surface area contributed by atoms with Gasteiger partial charge in [-0.2, -0.15) is 0 Å². The fourth-order valence-electron chi connectivity index (χ4n) is 16.6. The summed E-state index contributed by atoms with van der Waals surface area (Å²) in [6.07, 6.45) is 4.34. The largest absolute Gasteiger partial charge is 0.480 e. The fraction of sp³-hybridized carbons (Fsp3) is 0.450. The molecule has 122 heavy (non-hydrogen) atoms. The van der Waals surface area contributed by atoms with Gasteiger partial charge in [-0.05, 0) is 83.8 Å². The molecule has 0 radical (unpaired) electrons. The van der Waals surface area contributed by atoms with E-state index in [2.05, 4.69) is 76.8 Å². The van der Waals surface area contributed by atoms with Crippen molar-refractivity contribution in [3.8, 4) is 0 Å². The van der Waals surface area contributed by atoms with Gasteiger partial charge >= 0.3 is 36.0 Å². The number of imidazole rings is 3. The molecule has 10 aliphatic rings. The number of amides is 9. The molecule has 3 aromatic carbocycles. The van der Waals surface area contributed by atoms with E-state index in [0.29, 0.717) is 105 Å². The van der Waals surface area contributed by atoms with Gasteiger partial charge in [-0.25, -0.2) is 73.6 Å². The van der Waals surface area contributed by atoms with Crippen molar-refractivity contribution in [2.75, 3.05) is 55.3 Å². The van der Waals surface area contributed by atoms with E-state index in [4.69, 9.17) is 47.4 Å². The third-order valence-corrected chi connectivity index (χ3v) is 22.3. The van der Waals surface area contributed by atoms with Crippen molar-refractivity contribution < 1.29 is 101 Å². The average Bonchev–Trinajstić information content (AvgIpc) is 1.59. The van der Waals surface area contributed by atoms with Crippen LogP contribution in [0.3, 0.4) is 0 Å². The molecule has 18 atom stereocenters. The number of hydrogen-bond acceptors (Lipinski definition) is 28. The molecule has 9 amide bonds. The number of carbonyl (C=O) groups is 9. The average molecular weight is 1680 g/mol. The molecule has 0 spiro atoms. The van der Waals surface area contributed by atoms with Crippen LogP contribution < -0.4 is 31.9 Å². The van der Waals surface area contributed by atoms with Crippen LogP contribution in [0.2, 0.25) is 0 Å². The van der Waals surface area contributed by atoms with E-state index in [9.17, 15) is 53.4 Å². The first-order valence-electron chi connectivity index (χ1n) is 40.4. The Hall–Kier alpha value is -12.7. The molecule has 1 aliphatic carbocycles. The molecule has 10 fully saturated rings. The number of hydrogen-bond donors (Lipinski definition) is 8. The number of fused-ring (bicyclic) bond motifs is 6. The monoisotopic (exact) mass is 1680 g/mol. The summed E-state index contributed by atoms with van der Waals surface area (Å²) in [6.45, 7) is 7.47. The zero-order valence-corrected chi connectivity index (χ0v) is 66.0. The first kappa shape index (κ1) is 81.7. The summed E-state index contributed by atoms with van der Waals surface area (Å²) >= 11 is 0. The number of likely N-dealkylation sites (tertiary alicyclic amines) is 3. The molecule has 9 aliphatic heterocycles. The molecule has 1 saturated carbocycles. The molecule has 6 aromatic heterocycles. The van der Waals surface area contributed by atoms with Gasteiger partial charge in [-0.15, -0.1) is 0 Å². The van der Waals surface area contributed by atoms with Crippen LogP contribution in [0.25, 0.3) is 39.6 Å². The normalized spacial score (nSPS) is 28.0. The van der Waals surface area contributed by atoms with Gasteiger partial charge in [-0.3, -0.25) is 44.0 Å². The maximum absolute atomic E-state index is 13.9. The first-order valence-corrected chi connectivity index (χ1v) is 40.4. The molecular weight excluding hydrogens is 1590 g/mol. The Morgan fingerprint density at radius 2 is 0.803 bits per heavy atom. The lowest BCUT2D eigenvalue weighted by Crippen LogP contribution is -2.49. The molecular formula is C80H87N21O21. The first-order chi connectivity index (χ1) is 59.4. The predicted molar refractivity (Wildman–Crippen MR) is 421 cm³/mol. The Morgan fingerprint density at radius 3 is 1.20 bits per heavy atom. The van der Waals surface area contributed by atoms with Crippen molar-refractivity contribution in [3.63, 3.8) is 0 Å². The number of ether oxygens (including phenoxy) is 10. The van der Waals surface area contributed by atoms with Crippen LogP contribution in [-0.2, 0) is 76.1 Å².